The molecule has 1 fully saturated rings. The highest BCUT2D eigenvalue weighted by molar-refractivity contribution is 6.34. The van der Waals surface area contributed by atoms with Gasteiger partial charge in [0.1, 0.15) is 6.73 Å². The molecule has 3 aromatic rings. The number of esters is 1. The minimum atomic E-state index is -0.476. The second-order valence-electron chi connectivity index (χ2n) is 8.02. The monoisotopic (exact) mass is 520 g/mol. The number of rotatable bonds is 11. The molecule has 13 heteroatoms. The van der Waals surface area contributed by atoms with Crippen molar-refractivity contribution in [2.45, 2.75) is 13.7 Å². The average Bonchev–Trinajstić information content (AvgIpc) is 3.48. The first-order valence-electron chi connectivity index (χ1n) is 11.6. The highest BCUT2D eigenvalue weighted by Crippen LogP contribution is 2.30. The summed E-state index contributed by atoms with van der Waals surface area (Å²) < 4.78 is 24.4. The van der Waals surface area contributed by atoms with E-state index < -0.39 is 5.97 Å². The van der Waals surface area contributed by atoms with Crippen LogP contribution in [-0.4, -0.2) is 95.9 Å². The van der Waals surface area contributed by atoms with E-state index in [0.717, 1.165) is 0 Å². The molecule has 1 amide bonds. The topological polar surface area (TPSA) is 122 Å². The molecule has 4 rings (SSSR count). The number of nitrogens with one attached hydrogen (secondary N) is 1. The number of ether oxygens (including phenoxy) is 4. The first kappa shape index (κ1) is 26.0. The number of fused-ring (bicyclic) bond motifs is 1. The van der Waals surface area contributed by atoms with E-state index in [1.807, 2.05) is 4.90 Å². The van der Waals surface area contributed by atoms with Gasteiger partial charge in [-0.15, -0.1) is 0 Å². The van der Waals surface area contributed by atoms with Gasteiger partial charge in [-0.25, -0.2) is 14.5 Å². The van der Waals surface area contributed by atoms with Crippen molar-refractivity contribution in [1.82, 2.24) is 24.2 Å². The summed E-state index contributed by atoms with van der Waals surface area (Å²) >= 11 is 6.55. The minimum Gasteiger partial charge on any atom is -0.462 e. The van der Waals surface area contributed by atoms with Crippen LogP contribution < -0.4 is 5.32 Å². The highest BCUT2D eigenvalue weighted by atomic mass is 35.5. The maximum atomic E-state index is 12.6. The number of hydrogen-bond donors (Lipinski definition) is 1. The first-order chi connectivity index (χ1) is 17.5. The van der Waals surface area contributed by atoms with Crippen LogP contribution in [0.4, 0.5) is 5.69 Å². The number of benzene rings is 1. The Balaban J connectivity index is 1.62. The molecule has 3 heterocycles. The molecular weight excluding hydrogens is 492 g/mol. The standard InChI is InChI=1S/C23H29ClN6O6/c1-3-36-22(32)16-12-25-30(13-16)23-27-19-11-18(26-21(31)14-28-4-6-34-7-5-28)17(24)10-20(19)29(23)15-35-9-8-33-2/h10-13H,3-9,14-15H2,1-2H3,(H,26,31). The lowest BCUT2D eigenvalue weighted by molar-refractivity contribution is -0.118. The highest BCUT2D eigenvalue weighted by Gasteiger charge is 2.20. The summed E-state index contributed by atoms with van der Waals surface area (Å²) in [6, 6.07) is 3.42. The molecule has 12 nitrogen and oxygen atoms in total. The molecule has 0 atom stereocenters. The average molecular weight is 521 g/mol. The number of aromatic nitrogens is 4. The summed E-state index contributed by atoms with van der Waals surface area (Å²) in [6.45, 7) is 5.80. The van der Waals surface area contributed by atoms with Crippen LogP contribution in [-0.2, 0) is 30.5 Å². The van der Waals surface area contributed by atoms with Crippen LogP contribution in [0.1, 0.15) is 17.3 Å². The summed E-state index contributed by atoms with van der Waals surface area (Å²) in [5.74, 6) is -0.242. The summed E-state index contributed by atoms with van der Waals surface area (Å²) in [5, 5.41) is 7.52. The van der Waals surface area contributed by atoms with Crippen LogP contribution in [0.3, 0.4) is 0 Å². The Morgan fingerprint density at radius 3 is 2.78 bits per heavy atom. The molecule has 1 aliphatic rings. The number of halogens is 1. The fourth-order valence-corrected chi connectivity index (χ4v) is 3.94. The van der Waals surface area contributed by atoms with Gasteiger partial charge in [0.05, 0.1) is 73.1 Å². The lowest BCUT2D eigenvalue weighted by atomic mass is 10.2. The van der Waals surface area contributed by atoms with Crippen molar-refractivity contribution in [3.63, 3.8) is 0 Å². The van der Waals surface area contributed by atoms with E-state index in [2.05, 4.69) is 15.4 Å². The van der Waals surface area contributed by atoms with Crippen molar-refractivity contribution < 1.29 is 28.5 Å². The van der Waals surface area contributed by atoms with Crippen LogP contribution in [0, 0.1) is 0 Å². The van der Waals surface area contributed by atoms with Crippen molar-refractivity contribution in [3.8, 4) is 5.95 Å². The molecule has 1 N–H and O–H groups in total. The van der Waals surface area contributed by atoms with Gasteiger partial charge in [0.25, 0.3) is 0 Å². The zero-order valence-electron chi connectivity index (χ0n) is 20.2. The quantitative estimate of drug-likeness (QED) is 0.298. The van der Waals surface area contributed by atoms with Crippen molar-refractivity contribution in [2.75, 3.05) is 65.1 Å². The van der Waals surface area contributed by atoms with Gasteiger partial charge in [0, 0.05) is 26.4 Å². The van der Waals surface area contributed by atoms with Gasteiger partial charge in [-0.05, 0) is 19.1 Å². The number of carbonyl (C=O) groups is 2. The third-order valence-corrected chi connectivity index (χ3v) is 5.83. The van der Waals surface area contributed by atoms with E-state index in [-0.39, 0.29) is 25.8 Å². The van der Waals surface area contributed by atoms with Gasteiger partial charge in [-0.2, -0.15) is 5.10 Å². The molecule has 0 bridgehead atoms. The van der Waals surface area contributed by atoms with Gasteiger partial charge in [0.2, 0.25) is 11.9 Å². The fourth-order valence-electron chi connectivity index (χ4n) is 3.73. The SMILES string of the molecule is CCOC(=O)c1cnn(-c2nc3cc(NC(=O)CN4CCOCC4)c(Cl)cc3n2COCCOC)c1. The van der Waals surface area contributed by atoms with E-state index in [4.69, 9.17) is 30.5 Å². The molecule has 2 aromatic heterocycles. The molecule has 0 radical (unpaired) electrons. The van der Waals surface area contributed by atoms with Crippen molar-refractivity contribution >= 4 is 40.2 Å². The number of nitrogens with zero attached hydrogens (tertiary/aromatic N) is 5. The Bertz CT molecular complexity index is 1210. The van der Waals surface area contributed by atoms with E-state index in [9.17, 15) is 9.59 Å². The smallest absolute Gasteiger partial charge is 0.341 e. The minimum absolute atomic E-state index is 0.142. The summed E-state index contributed by atoms with van der Waals surface area (Å²) in [4.78, 5) is 31.4. The van der Waals surface area contributed by atoms with E-state index in [0.29, 0.717) is 72.8 Å². The van der Waals surface area contributed by atoms with Crippen LogP contribution in [0.2, 0.25) is 5.02 Å². The molecule has 0 aliphatic carbocycles. The molecule has 0 spiro atoms. The molecule has 0 unspecified atom stereocenters. The first-order valence-corrected chi connectivity index (χ1v) is 12.0. The maximum absolute atomic E-state index is 12.6. The van der Waals surface area contributed by atoms with Gasteiger partial charge >= 0.3 is 5.97 Å². The fraction of sp³-hybridized carbons (Fsp3) is 0.478. The van der Waals surface area contributed by atoms with E-state index in [1.54, 1.807) is 30.7 Å². The zero-order chi connectivity index (χ0) is 25.5. The Morgan fingerprint density at radius 1 is 1.22 bits per heavy atom. The second-order valence-corrected chi connectivity index (χ2v) is 8.43. The number of hydrogen-bond acceptors (Lipinski definition) is 9. The molecule has 1 aliphatic heterocycles. The Morgan fingerprint density at radius 2 is 2.03 bits per heavy atom. The summed E-state index contributed by atoms with van der Waals surface area (Å²) in [7, 11) is 1.59. The van der Waals surface area contributed by atoms with Crippen molar-refractivity contribution in [3.05, 3.63) is 35.1 Å². The predicted octanol–water partition coefficient (Wildman–Crippen LogP) is 1.94. The van der Waals surface area contributed by atoms with Crippen LogP contribution in [0.25, 0.3) is 17.0 Å². The van der Waals surface area contributed by atoms with E-state index >= 15 is 0 Å². The van der Waals surface area contributed by atoms with Gasteiger partial charge in [-0.3, -0.25) is 14.3 Å². The third-order valence-electron chi connectivity index (χ3n) is 5.51. The lowest BCUT2D eigenvalue weighted by Gasteiger charge is -2.25. The maximum Gasteiger partial charge on any atom is 0.341 e. The Labute approximate surface area is 213 Å². The lowest BCUT2D eigenvalue weighted by Crippen LogP contribution is -2.41. The zero-order valence-corrected chi connectivity index (χ0v) is 21.0. The second kappa shape index (κ2) is 12.3. The number of morpholine rings is 1. The Kier molecular flexibility index (Phi) is 8.88. The molecule has 1 saturated heterocycles. The van der Waals surface area contributed by atoms with Crippen LogP contribution >= 0.6 is 11.6 Å². The number of amides is 1. The van der Waals surface area contributed by atoms with Crippen LogP contribution in [0.15, 0.2) is 24.5 Å². The summed E-state index contributed by atoms with van der Waals surface area (Å²) in [5.41, 5.74) is 1.99. The number of methoxy groups -OCH3 is 1. The Hall–Kier alpha value is -3.03. The van der Waals surface area contributed by atoms with Gasteiger partial charge < -0.3 is 24.3 Å². The normalized spacial score (nSPS) is 14.3. The van der Waals surface area contributed by atoms with Gasteiger partial charge in [0.15, 0.2) is 0 Å². The number of imidazole rings is 1. The molecule has 36 heavy (non-hydrogen) atoms. The predicted molar refractivity (Wildman–Crippen MR) is 132 cm³/mol. The van der Waals surface area contributed by atoms with Gasteiger partial charge in [-0.1, -0.05) is 11.6 Å². The third kappa shape index (κ3) is 6.20. The van der Waals surface area contributed by atoms with Crippen molar-refractivity contribution in [2.24, 2.45) is 0 Å². The number of anilines is 1. The van der Waals surface area contributed by atoms with E-state index in [1.165, 1.54) is 17.1 Å². The largest absolute Gasteiger partial charge is 0.462 e. The van der Waals surface area contributed by atoms with Crippen LogP contribution in [0.5, 0.6) is 0 Å². The summed E-state index contributed by atoms with van der Waals surface area (Å²) in [6.07, 6.45) is 2.95. The molecule has 1 aromatic carbocycles. The molecular formula is C23H29ClN6O6. The molecule has 0 saturated carbocycles. The molecule has 194 valence electrons. The van der Waals surface area contributed by atoms with Crippen molar-refractivity contribution in [1.29, 1.82) is 0 Å². The number of carbonyl (C=O) groups excluding carboxylic acids is 2.